The molecule has 0 heterocycles. The van der Waals surface area contributed by atoms with Crippen LogP contribution in [0.25, 0.3) is 0 Å². The van der Waals surface area contributed by atoms with Gasteiger partial charge in [-0.2, -0.15) is 0 Å². The van der Waals surface area contributed by atoms with Crippen LogP contribution in [0.3, 0.4) is 0 Å². The van der Waals surface area contributed by atoms with E-state index in [9.17, 15) is 13.2 Å². The monoisotopic (exact) mass is 454 g/mol. The van der Waals surface area contributed by atoms with E-state index < -0.39 is 15.9 Å². The number of hydrogen-bond acceptors (Lipinski definition) is 4. The van der Waals surface area contributed by atoms with E-state index in [-0.39, 0.29) is 13.1 Å². The van der Waals surface area contributed by atoms with Crippen LogP contribution in [0.15, 0.2) is 46.9 Å². The normalized spacial score (nSPS) is 11.1. The highest BCUT2D eigenvalue weighted by atomic mass is 79.9. The van der Waals surface area contributed by atoms with Crippen LogP contribution in [-0.2, 0) is 14.8 Å². The van der Waals surface area contributed by atoms with Crippen LogP contribution < -0.4 is 14.4 Å². The Bertz CT molecular complexity index is 898. The zero-order valence-electron chi connectivity index (χ0n) is 15.5. The largest absolute Gasteiger partial charge is 0.491 e. The van der Waals surface area contributed by atoms with Crippen molar-refractivity contribution in [1.29, 1.82) is 0 Å². The smallest absolute Gasteiger partial charge is 0.240 e. The van der Waals surface area contributed by atoms with Crippen molar-refractivity contribution in [1.82, 2.24) is 5.32 Å². The SMILES string of the molecule is Cc1cccc(OCCNC(=O)CN(c2ccc(Br)cc2)S(C)(=O)=O)c1C. The number of amides is 1. The summed E-state index contributed by atoms with van der Waals surface area (Å²) >= 11 is 3.31. The molecule has 0 radical (unpaired) electrons. The minimum atomic E-state index is -3.58. The van der Waals surface area contributed by atoms with Gasteiger partial charge < -0.3 is 10.1 Å². The summed E-state index contributed by atoms with van der Waals surface area (Å²) in [7, 11) is -3.58. The van der Waals surface area contributed by atoms with E-state index in [0.717, 1.165) is 31.9 Å². The maximum absolute atomic E-state index is 12.2. The van der Waals surface area contributed by atoms with Gasteiger partial charge in [0, 0.05) is 4.47 Å². The quantitative estimate of drug-likeness (QED) is 0.621. The van der Waals surface area contributed by atoms with Crippen LogP contribution in [0.1, 0.15) is 11.1 Å². The Balaban J connectivity index is 1.90. The first-order valence-corrected chi connectivity index (χ1v) is 11.0. The molecule has 8 heteroatoms. The number of aryl methyl sites for hydroxylation is 1. The van der Waals surface area contributed by atoms with Gasteiger partial charge in [0.2, 0.25) is 15.9 Å². The van der Waals surface area contributed by atoms with Gasteiger partial charge in [0.25, 0.3) is 0 Å². The standard InChI is InChI=1S/C19H23BrN2O4S/c1-14-5-4-6-18(15(14)2)26-12-11-21-19(23)13-22(27(3,24)25)17-9-7-16(20)8-10-17/h4-10H,11-13H2,1-3H3,(H,21,23). The van der Waals surface area contributed by atoms with E-state index in [2.05, 4.69) is 21.2 Å². The van der Waals surface area contributed by atoms with Crippen molar-refractivity contribution in [2.24, 2.45) is 0 Å². The zero-order chi connectivity index (χ0) is 20.0. The summed E-state index contributed by atoms with van der Waals surface area (Å²) in [6.07, 6.45) is 1.08. The van der Waals surface area contributed by atoms with E-state index in [1.165, 1.54) is 0 Å². The van der Waals surface area contributed by atoms with Gasteiger partial charge in [-0.05, 0) is 55.3 Å². The van der Waals surface area contributed by atoms with Crippen molar-refractivity contribution in [2.75, 3.05) is 30.3 Å². The van der Waals surface area contributed by atoms with Crippen molar-refractivity contribution in [3.63, 3.8) is 0 Å². The third-order valence-electron chi connectivity index (χ3n) is 4.04. The lowest BCUT2D eigenvalue weighted by Crippen LogP contribution is -2.41. The third kappa shape index (κ3) is 6.25. The minimum absolute atomic E-state index is 0.282. The molecule has 146 valence electrons. The summed E-state index contributed by atoms with van der Waals surface area (Å²) in [6.45, 7) is 4.28. The molecule has 0 aliphatic rings. The Morgan fingerprint density at radius 3 is 2.44 bits per heavy atom. The van der Waals surface area contributed by atoms with Gasteiger partial charge in [-0.1, -0.05) is 28.1 Å². The molecular formula is C19H23BrN2O4S. The summed E-state index contributed by atoms with van der Waals surface area (Å²) in [6, 6.07) is 12.5. The number of hydrogen-bond donors (Lipinski definition) is 1. The Hall–Kier alpha value is -2.06. The maximum Gasteiger partial charge on any atom is 0.240 e. The molecule has 0 aliphatic carbocycles. The van der Waals surface area contributed by atoms with Crippen molar-refractivity contribution < 1.29 is 17.9 Å². The summed E-state index contributed by atoms with van der Waals surface area (Å²) in [5, 5.41) is 2.69. The van der Waals surface area contributed by atoms with Gasteiger partial charge >= 0.3 is 0 Å². The Kier molecular flexibility index (Phi) is 7.26. The van der Waals surface area contributed by atoms with E-state index in [1.807, 2.05) is 32.0 Å². The van der Waals surface area contributed by atoms with Gasteiger partial charge in [-0.25, -0.2) is 8.42 Å². The van der Waals surface area contributed by atoms with Gasteiger partial charge in [0.1, 0.15) is 18.9 Å². The number of carbonyl (C=O) groups is 1. The van der Waals surface area contributed by atoms with Gasteiger partial charge in [0.15, 0.2) is 0 Å². The van der Waals surface area contributed by atoms with Crippen LogP contribution in [0.2, 0.25) is 0 Å². The van der Waals surface area contributed by atoms with E-state index in [0.29, 0.717) is 12.3 Å². The molecule has 0 spiro atoms. The molecule has 0 fully saturated rings. The lowest BCUT2D eigenvalue weighted by Gasteiger charge is -2.22. The molecule has 0 bridgehead atoms. The molecule has 2 rings (SSSR count). The second-order valence-corrected chi connectivity index (χ2v) is 8.97. The first-order chi connectivity index (χ1) is 12.7. The lowest BCUT2D eigenvalue weighted by atomic mass is 10.1. The minimum Gasteiger partial charge on any atom is -0.491 e. The molecule has 0 saturated carbocycles. The Morgan fingerprint density at radius 2 is 1.81 bits per heavy atom. The average Bonchev–Trinajstić information content (AvgIpc) is 2.60. The molecule has 0 aromatic heterocycles. The molecule has 0 aliphatic heterocycles. The maximum atomic E-state index is 12.2. The first kappa shape index (κ1) is 21.2. The average molecular weight is 455 g/mol. The summed E-state index contributed by atoms with van der Waals surface area (Å²) in [5.74, 6) is 0.379. The molecule has 2 aromatic rings. The number of ether oxygens (including phenoxy) is 1. The highest BCUT2D eigenvalue weighted by molar-refractivity contribution is 9.10. The number of carbonyl (C=O) groups excluding carboxylic acids is 1. The summed E-state index contributed by atoms with van der Waals surface area (Å²) < 4.78 is 31.7. The predicted molar refractivity (Wildman–Crippen MR) is 111 cm³/mol. The van der Waals surface area contributed by atoms with E-state index in [4.69, 9.17) is 4.74 Å². The third-order valence-corrected chi connectivity index (χ3v) is 5.71. The van der Waals surface area contributed by atoms with Crippen molar-refractivity contribution >= 4 is 37.5 Å². The Labute approximate surface area is 168 Å². The van der Waals surface area contributed by atoms with Crippen molar-refractivity contribution in [3.05, 3.63) is 58.1 Å². The predicted octanol–water partition coefficient (Wildman–Crippen LogP) is 3.03. The molecular weight excluding hydrogens is 432 g/mol. The molecule has 6 nitrogen and oxygen atoms in total. The molecule has 1 amide bonds. The topological polar surface area (TPSA) is 75.7 Å². The molecule has 0 saturated heterocycles. The Morgan fingerprint density at radius 1 is 1.15 bits per heavy atom. The first-order valence-electron chi connectivity index (χ1n) is 8.37. The number of benzene rings is 2. The van der Waals surface area contributed by atoms with Crippen LogP contribution in [0, 0.1) is 13.8 Å². The molecule has 27 heavy (non-hydrogen) atoms. The van der Waals surface area contributed by atoms with Crippen molar-refractivity contribution in [3.8, 4) is 5.75 Å². The number of anilines is 1. The molecule has 2 aromatic carbocycles. The van der Waals surface area contributed by atoms with Crippen LogP contribution >= 0.6 is 15.9 Å². The highest BCUT2D eigenvalue weighted by Gasteiger charge is 2.20. The van der Waals surface area contributed by atoms with Crippen LogP contribution in [-0.4, -0.2) is 40.3 Å². The van der Waals surface area contributed by atoms with E-state index in [1.54, 1.807) is 24.3 Å². The van der Waals surface area contributed by atoms with Crippen LogP contribution in [0.5, 0.6) is 5.75 Å². The second-order valence-electron chi connectivity index (χ2n) is 6.14. The zero-order valence-corrected chi connectivity index (χ0v) is 17.9. The van der Waals surface area contributed by atoms with Gasteiger partial charge in [0.05, 0.1) is 18.5 Å². The fourth-order valence-corrected chi connectivity index (χ4v) is 3.55. The van der Waals surface area contributed by atoms with Gasteiger partial charge in [-0.15, -0.1) is 0 Å². The van der Waals surface area contributed by atoms with Gasteiger partial charge in [-0.3, -0.25) is 9.10 Å². The number of nitrogens with zero attached hydrogens (tertiary/aromatic N) is 1. The number of nitrogens with one attached hydrogen (secondary N) is 1. The molecule has 0 unspecified atom stereocenters. The van der Waals surface area contributed by atoms with Crippen LogP contribution in [0.4, 0.5) is 5.69 Å². The number of halogens is 1. The molecule has 1 N–H and O–H groups in total. The number of rotatable bonds is 8. The second kappa shape index (κ2) is 9.23. The highest BCUT2D eigenvalue weighted by Crippen LogP contribution is 2.21. The summed E-state index contributed by atoms with van der Waals surface area (Å²) in [5.41, 5.74) is 2.62. The lowest BCUT2D eigenvalue weighted by molar-refractivity contribution is -0.119. The fourth-order valence-electron chi connectivity index (χ4n) is 2.43. The van der Waals surface area contributed by atoms with E-state index >= 15 is 0 Å². The fraction of sp³-hybridized carbons (Fsp3) is 0.316. The molecule has 0 atom stereocenters. The number of sulfonamides is 1. The van der Waals surface area contributed by atoms with Crippen molar-refractivity contribution in [2.45, 2.75) is 13.8 Å². The summed E-state index contributed by atoms with van der Waals surface area (Å²) in [4.78, 5) is 12.2.